The zero-order valence-corrected chi connectivity index (χ0v) is 14.0. The predicted molar refractivity (Wildman–Crippen MR) is 83.8 cm³/mol. The second-order valence-electron chi connectivity index (χ2n) is 7.90. The Balaban J connectivity index is 0.000000225. The second-order valence-corrected chi connectivity index (χ2v) is 7.90. The molecule has 4 fully saturated rings. The van der Waals surface area contributed by atoms with Crippen molar-refractivity contribution < 1.29 is 27.9 Å². The summed E-state index contributed by atoms with van der Waals surface area (Å²) in [6.07, 6.45) is -0.359. The van der Waals surface area contributed by atoms with Crippen LogP contribution in [0, 0.1) is 35.5 Å². The molecule has 2 heterocycles. The van der Waals surface area contributed by atoms with Gasteiger partial charge in [-0.25, -0.2) is 4.79 Å². The molecule has 0 radical (unpaired) electrons. The topological polar surface area (TPSA) is 78.4 Å². The molecule has 4 rings (SSSR count). The van der Waals surface area contributed by atoms with Gasteiger partial charge in [-0.1, -0.05) is 0 Å². The Morgan fingerprint density at radius 1 is 0.760 bits per heavy atom. The Bertz CT molecular complexity index is 470. The molecular weight excluding hydrogens is 337 g/mol. The fourth-order valence-corrected chi connectivity index (χ4v) is 5.13. The minimum atomic E-state index is -5.08. The maximum absolute atomic E-state index is 12.7. The number of alkyl halides is 3. The number of carboxylic acid groups (broad SMARTS) is 1. The zero-order valence-electron chi connectivity index (χ0n) is 14.0. The van der Waals surface area contributed by atoms with E-state index in [0.29, 0.717) is 17.6 Å². The Morgan fingerprint density at radius 2 is 1.04 bits per heavy atom. The average Bonchev–Trinajstić information content (AvgIpc) is 3.25. The van der Waals surface area contributed by atoms with Crippen LogP contribution < -0.4 is 10.6 Å². The molecule has 0 aromatic rings. The molecule has 0 bridgehead atoms. The van der Waals surface area contributed by atoms with Gasteiger partial charge in [0.1, 0.15) is 5.78 Å². The highest BCUT2D eigenvalue weighted by molar-refractivity contribution is 5.84. The number of nitrogens with one attached hydrogen (secondary N) is 2. The third-order valence-corrected chi connectivity index (χ3v) is 6.36. The average molecular weight is 362 g/mol. The molecule has 25 heavy (non-hydrogen) atoms. The van der Waals surface area contributed by atoms with Crippen molar-refractivity contribution in [3.63, 3.8) is 0 Å². The van der Waals surface area contributed by atoms with Crippen LogP contribution in [0.15, 0.2) is 0 Å². The highest BCUT2D eigenvalue weighted by Crippen LogP contribution is 2.45. The van der Waals surface area contributed by atoms with Crippen molar-refractivity contribution in [3.8, 4) is 0 Å². The van der Waals surface area contributed by atoms with Gasteiger partial charge in [0.25, 0.3) is 0 Å². The number of carbonyl (C=O) groups is 2. The standard InChI is InChI=1S/C15H24N2O.C2HF3O2/c18-15(9-1-11-5-16-6-12(11)2-9)10-3-13-7-17-8-14(13)4-10;3-2(4,5)1(6)7/h9-14,16-17H,1-8H2;(H,6,7). The van der Waals surface area contributed by atoms with E-state index in [9.17, 15) is 18.0 Å². The third-order valence-electron chi connectivity index (χ3n) is 6.36. The van der Waals surface area contributed by atoms with Crippen LogP contribution in [-0.2, 0) is 9.59 Å². The third kappa shape index (κ3) is 4.16. The van der Waals surface area contributed by atoms with Crippen molar-refractivity contribution >= 4 is 11.8 Å². The van der Waals surface area contributed by atoms with E-state index in [4.69, 9.17) is 9.90 Å². The summed E-state index contributed by atoms with van der Waals surface area (Å²) in [5.41, 5.74) is 0. The van der Waals surface area contributed by atoms with Crippen LogP contribution in [-0.4, -0.2) is 49.2 Å². The summed E-state index contributed by atoms with van der Waals surface area (Å²) in [5.74, 6) is 1.94. The number of ketones is 1. The van der Waals surface area contributed by atoms with Crippen LogP contribution in [0.25, 0.3) is 0 Å². The maximum atomic E-state index is 12.7. The molecule has 4 unspecified atom stereocenters. The van der Waals surface area contributed by atoms with E-state index in [1.54, 1.807) is 0 Å². The van der Waals surface area contributed by atoms with E-state index in [0.717, 1.165) is 49.9 Å². The van der Waals surface area contributed by atoms with E-state index in [2.05, 4.69) is 10.6 Å². The van der Waals surface area contributed by atoms with Crippen LogP contribution in [0.3, 0.4) is 0 Å². The van der Waals surface area contributed by atoms with Crippen molar-refractivity contribution in [2.45, 2.75) is 31.9 Å². The van der Waals surface area contributed by atoms with Gasteiger partial charge < -0.3 is 15.7 Å². The first-order valence-electron chi connectivity index (χ1n) is 9.01. The van der Waals surface area contributed by atoms with Crippen LogP contribution in [0.2, 0.25) is 0 Å². The van der Waals surface area contributed by atoms with E-state index in [-0.39, 0.29) is 0 Å². The monoisotopic (exact) mass is 362 g/mol. The van der Waals surface area contributed by atoms with Crippen molar-refractivity contribution in [2.24, 2.45) is 35.5 Å². The highest BCUT2D eigenvalue weighted by Gasteiger charge is 2.46. The SMILES string of the molecule is O=C(C1CC2CNCC2C1)C1CC2CNCC2C1.O=C(O)C(F)(F)F. The van der Waals surface area contributed by atoms with E-state index < -0.39 is 12.1 Å². The van der Waals surface area contributed by atoms with Gasteiger partial charge >= 0.3 is 12.1 Å². The van der Waals surface area contributed by atoms with Gasteiger partial charge in [-0.3, -0.25) is 4.79 Å². The molecule has 142 valence electrons. The van der Waals surface area contributed by atoms with Gasteiger partial charge in [-0.2, -0.15) is 13.2 Å². The molecule has 2 aliphatic heterocycles. The molecule has 2 saturated heterocycles. The molecule has 4 aliphatic rings. The number of carbonyl (C=O) groups excluding carboxylic acids is 1. The van der Waals surface area contributed by atoms with Crippen LogP contribution in [0.5, 0.6) is 0 Å². The van der Waals surface area contributed by atoms with E-state index in [1.807, 2.05) is 0 Å². The Hall–Kier alpha value is -1.15. The number of aliphatic carboxylic acids is 1. The molecule has 0 amide bonds. The fraction of sp³-hybridized carbons (Fsp3) is 0.882. The quantitative estimate of drug-likeness (QED) is 0.697. The Morgan fingerprint density at radius 3 is 1.28 bits per heavy atom. The van der Waals surface area contributed by atoms with Gasteiger partial charge in [0.15, 0.2) is 0 Å². The summed E-state index contributed by atoms with van der Waals surface area (Å²) in [7, 11) is 0. The van der Waals surface area contributed by atoms with Gasteiger partial charge in [0.2, 0.25) is 0 Å². The van der Waals surface area contributed by atoms with Crippen molar-refractivity contribution in [3.05, 3.63) is 0 Å². The molecule has 2 saturated carbocycles. The summed E-state index contributed by atoms with van der Waals surface area (Å²) >= 11 is 0. The summed E-state index contributed by atoms with van der Waals surface area (Å²) < 4.78 is 31.7. The predicted octanol–water partition coefficient (Wildman–Crippen LogP) is 1.68. The summed E-state index contributed by atoms with van der Waals surface area (Å²) in [6, 6.07) is 0. The van der Waals surface area contributed by atoms with Gasteiger partial charge in [0, 0.05) is 11.8 Å². The fourth-order valence-electron chi connectivity index (χ4n) is 5.13. The summed E-state index contributed by atoms with van der Waals surface area (Å²) in [4.78, 5) is 21.6. The lowest BCUT2D eigenvalue weighted by atomic mass is 9.88. The van der Waals surface area contributed by atoms with E-state index in [1.165, 1.54) is 25.7 Å². The van der Waals surface area contributed by atoms with Crippen molar-refractivity contribution in [1.82, 2.24) is 10.6 Å². The number of rotatable bonds is 2. The highest BCUT2D eigenvalue weighted by atomic mass is 19.4. The van der Waals surface area contributed by atoms with Gasteiger partial charge in [-0.15, -0.1) is 0 Å². The number of carboxylic acids is 1. The molecular formula is C17H25F3N2O3. The largest absolute Gasteiger partial charge is 0.490 e. The molecule has 0 spiro atoms. The summed E-state index contributed by atoms with van der Waals surface area (Å²) in [6.45, 7) is 4.64. The lowest BCUT2D eigenvalue weighted by molar-refractivity contribution is -0.192. The number of hydrogen-bond acceptors (Lipinski definition) is 4. The van der Waals surface area contributed by atoms with E-state index >= 15 is 0 Å². The number of hydrogen-bond donors (Lipinski definition) is 3. The molecule has 2 aliphatic carbocycles. The lowest BCUT2D eigenvalue weighted by Crippen LogP contribution is -2.24. The summed E-state index contributed by atoms with van der Waals surface area (Å²) in [5, 5.41) is 14.1. The normalized spacial score (nSPS) is 39.5. The molecule has 4 atom stereocenters. The van der Waals surface area contributed by atoms with Gasteiger partial charge in [-0.05, 0) is 75.5 Å². The maximum Gasteiger partial charge on any atom is 0.490 e. The lowest BCUT2D eigenvalue weighted by Gasteiger charge is -2.16. The minimum Gasteiger partial charge on any atom is -0.475 e. The minimum absolute atomic E-state index is 0.416. The number of Topliss-reactive ketones (excluding diaryl/α,β-unsaturated/α-hetero) is 1. The molecule has 0 aromatic heterocycles. The molecule has 8 heteroatoms. The Labute approximate surface area is 144 Å². The Kier molecular flexibility index (Phi) is 5.39. The first-order valence-corrected chi connectivity index (χ1v) is 9.01. The molecule has 3 N–H and O–H groups in total. The molecule has 5 nitrogen and oxygen atoms in total. The number of halogens is 3. The number of fused-ring (bicyclic) bond motifs is 2. The molecule has 0 aromatic carbocycles. The van der Waals surface area contributed by atoms with Crippen LogP contribution in [0.1, 0.15) is 25.7 Å². The first-order chi connectivity index (χ1) is 11.8. The van der Waals surface area contributed by atoms with Crippen LogP contribution >= 0.6 is 0 Å². The smallest absolute Gasteiger partial charge is 0.475 e. The zero-order chi connectivity index (χ0) is 18.2. The second kappa shape index (κ2) is 7.23. The van der Waals surface area contributed by atoms with Gasteiger partial charge in [0.05, 0.1) is 0 Å². The first kappa shape index (κ1) is 18.6. The van der Waals surface area contributed by atoms with Crippen LogP contribution in [0.4, 0.5) is 13.2 Å². The van der Waals surface area contributed by atoms with Crippen molar-refractivity contribution in [2.75, 3.05) is 26.2 Å². The van der Waals surface area contributed by atoms with Crippen molar-refractivity contribution in [1.29, 1.82) is 0 Å².